The highest BCUT2D eigenvalue weighted by Gasteiger charge is 2.22. The van der Waals surface area contributed by atoms with Crippen LogP contribution in [0.5, 0.6) is 5.75 Å². The standard InChI is InChI=1S/C12H11ClO2/c13-7-2-8-15-12-4-1-3-9-10(12)5-6-11(9)14/h1-4,7H,5-6,8H2/b7-2+. The summed E-state index contributed by atoms with van der Waals surface area (Å²) in [4.78, 5) is 11.5. The van der Waals surface area contributed by atoms with Crippen molar-refractivity contribution in [3.63, 3.8) is 0 Å². The van der Waals surface area contributed by atoms with Gasteiger partial charge < -0.3 is 4.74 Å². The van der Waals surface area contributed by atoms with Crippen molar-refractivity contribution in [2.75, 3.05) is 6.61 Å². The van der Waals surface area contributed by atoms with Gasteiger partial charge in [0.1, 0.15) is 12.4 Å². The molecule has 0 N–H and O–H groups in total. The van der Waals surface area contributed by atoms with Crippen LogP contribution in [0.15, 0.2) is 29.8 Å². The van der Waals surface area contributed by atoms with E-state index in [4.69, 9.17) is 16.3 Å². The summed E-state index contributed by atoms with van der Waals surface area (Å²) in [5.41, 5.74) is 3.27. The molecule has 0 saturated carbocycles. The lowest BCUT2D eigenvalue weighted by Crippen LogP contribution is -1.97. The second kappa shape index (κ2) is 4.49. The van der Waals surface area contributed by atoms with Crippen LogP contribution in [0, 0.1) is 0 Å². The summed E-state index contributed by atoms with van der Waals surface area (Å²) in [5.74, 6) is 1.01. The fraction of sp³-hybridized carbons (Fsp3) is 0.250. The molecular formula is C12H11ClO2. The van der Waals surface area contributed by atoms with Gasteiger partial charge >= 0.3 is 0 Å². The number of hydrogen-bond donors (Lipinski definition) is 0. The van der Waals surface area contributed by atoms with Gasteiger partial charge in [0, 0.05) is 23.1 Å². The van der Waals surface area contributed by atoms with E-state index in [0.717, 1.165) is 23.3 Å². The van der Waals surface area contributed by atoms with Crippen LogP contribution in [-0.2, 0) is 6.42 Å². The zero-order chi connectivity index (χ0) is 10.7. The Morgan fingerprint density at radius 3 is 3.07 bits per heavy atom. The summed E-state index contributed by atoms with van der Waals surface area (Å²) >= 11 is 5.39. The molecule has 0 radical (unpaired) electrons. The van der Waals surface area contributed by atoms with Crippen molar-refractivity contribution in [2.45, 2.75) is 12.8 Å². The van der Waals surface area contributed by atoms with E-state index in [1.165, 1.54) is 5.54 Å². The summed E-state index contributed by atoms with van der Waals surface area (Å²) in [6, 6.07) is 5.59. The molecule has 0 atom stereocenters. The van der Waals surface area contributed by atoms with E-state index in [-0.39, 0.29) is 5.78 Å². The van der Waals surface area contributed by atoms with Crippen LogP contribution >= 0.6 is 11.6 Å². The van der Waals surface area contributed by atoms with Crippen LogP contribution in [0.1, 0.15) is 22.3 Å². The SMILES string of the molecule is O=C1CCc2c(OC/C=C/Cl)cccc21. The first kappa shape index (κ1) is 10.2. The summed E-state index contributed by atoms with van der Waals surface area (Å²) in [6.45, 7) is 0.439. The maximum Gasteiger partial charge on any atom is 0.163 e. The number of halogens is 1. The Labute approximate surface area is 93.5 Å². The Morgan fingerprint density at radius 2 is 2.27 bits per heavy atom. The molecule has 0 spiro atoms. The molecular weight excluding hydrogens is 212 g/mol. The molecule has 1 aromatic rings. The zero-order valence-corrected chi connectivity index (χ0v) is 8.96. The number of ketones is 1. The van der Waals surface area contributed by atoms with Gasteiger partial charge in [0.25, 0.3) is 0 Å². The monoisotopic (exact) mass is 222 g/mol. The van der Waals surface area contributed by atoms with Crippen molar-refractivity contribution in [3.05, 3.63) is 40.9 Å². The molecule has 0 bridgehead atoms. The van der Waals surface area contributed by atoms with E-state index in [0.29, 0.717) is 13.0 Å². The molecule has 3 heteroatoms. The maximum absolute atomic E-state index is 11.5. The molecule has 0 heterocycles. The highest BCUT2D eigenvalue weighted by atomic mass is 35.5. The number of ether oxygens (including phenoxy) is 1. The smallest absolute Gasteiger partial charge is 0.163 e. The molecule has 2 rings (SSSR count). The fourth-order valence-corrected chi connectivity index (χ4v) is 1.84. The van der Waals surface area contributed by atoms with E-state index in [2.05, 4.69) is 0 Å². The van der Waals surface area contributed by atoms with Gasteiger partial charge in [-0.1, -0.05) is 23.7 Å². The minimum absolute atomic E-state index is 0.211. The Hall–Kier alpha value is -1.28. The molecule has 1 aliphatic carbocycles. The van der Waals surface area contributed by atoms with E-state index in [1.807, 2.05) is 18.2 Å². The van der Waals surface area contributed by atoms with Gasteiger partial charge in [-0.2, -0.15) is 0 Å². The molecule has 78 valence electrons. The van der Waals surface area contributed by atoms with E-state index < -0.39 is 0 Å². The second-order valence-corrected chi connectivity index (χ2v) is 3.63. The van der Waals surface area contributed by atoms with Crippen LogP contribution < -0.4 is 4.74 Å². The van der Waals surface area contributed by atoms with Crippen LogP contribution in [0.3, 0.4) is 0 Å². The molecule has 0 aliphatic heterocycles. The van der Waals surface area contributed by atoms with Crippen molar-refractivity contribution >= 4 is 17.4 Å². The van der Waals surface area contributed by atoms with E-state index in [9.17, 15) is 4.79 Å². The van der Waals surface area contributed by atoms with Gasteiger partial charge in [-0.05, 0) is 18.6 Å². The van der Waals surface area contributed by atoms with Crippen molar-refractivity contribution in [2.24, 2.45) is 0 Å². The van der Waals surface area contributed by atoms with Gasteiger partial charge in [0.2, 0.25) is 0 Å². The van der Waals surface area contributed by atoms with Crippen molar-refractivity contribution in [1.82, 2.24) is 0 Å². The highest BCUT2D eigenvalue weighted by molar-refractivity contribution is 6.25. The number of rotatable bonds is 3. The van der Waals surface area contributed by atoms with Crippen molar-refractivity contribution < 1.29 is 9.53 Å². The van der Waals surface area contributed by atoms with Crippen molar-refractivity contribution in [3.8, 4) is 5.75 Å². The third-order valence-electron chi connectivity index (χ3n) is 2.46. The molecule has 1 aromatic carbocycles. The predicted molar refractivity (Wildman–Crippen MR) is 59.6 cm³/mol. The van der Waals surface area contributed by atoms with E-state index >= 15 is 0 Å². The largest absolute Gasteiger partial charge is 0.489 e. The summed E-state index contributed by atoms with van der Waals surface area (Å²) in [6.07, 6.45) is 3.10. The number of benzene rings is 1. The molecule has 1 aliphatic rings. The minimum Gasteiger partial charge on any atom is -0.489 e. The highest BCUT2D eigenvalue weighted by Crippen LogP contribution is 2.30. The van der Waals surface area contributed by atoms with Crippen LogP contribution in [-0.4, -0.2) is 12.4 Å². The molecule has 2 nitrogen and oxygen atoms in total. The van der Waals surface area contributed by atoms with Crippen LogP contribution in [0.25, 0.3) is 0 Å². The quantitative estimate of drug-likeness (QED) is 0.786. The van der Waals surface area contributed by atoms with Gasteiger partial charge in [0.05, 0.1) is 0 Å². The average Bonchev–Trinajstić information content (AvgIpc) is 2.62. The third-order valence-corrected chi connectivity index (χ3v) is 2.64. The van der Waals surface area contributed by atoms with Gasteiger partial charge in [-0.3, -0.25) is 4.79 Å². The van der Waals surface area contributed by atoms with E-state index in [1.54, 1.807) is 6.08 Å². The van der Waals surface area contributed by atoms with Gasteiger partial charge in [-0.25, -0.2) is 0 Å². The number of fused-ring (bicyclic) bond motifs is 1. The number of hydrogen-bond acceptors (Lipinski definition) is 2. The lowest BCUT2D eigenvalue weighted by atomic mass is 10.1. The minimum atomic E-state index is 0.211. The second-order valence-electron chi connectivity index (χ2n) is 3.38. The first-order chi connectivity index (χ1) is 7.33. The normalized spacial score (nSPS) is 14.6. The summed E-state index contributed by atoms with van der Waals surface area (Å²) in [5, 5.41) is 0. The lowest BCUT2D eigenvalue weighted by molar-refractivity contribution is 0.0994. The summed E-state index contributed by atoms with van der Waals surface area (Å²) < 4.78 is 5.51. The van der Waals surface area contributed by atoms with Gasteiger partial charge in [0.15, 0.2) is 5.78 Å². The Bertz CT molecular complexity index is 410. The lowest BCUT2D eigenvalue weighted by Gasteiger charge is -2.07. The predicted octanol–water partition coefficient (Wildman–Crippen LogP) is 2.95. The first-order valence-corrected chi connectivity index (χ1v) is 5.29. The fourth-order valence-electron chi connectivity index (χ4n) is 1.77. The third kappa shape index (κ3) is 2.05. The first-order valence-electron chi connectivity index (χ1n) is 4.86. The maximum atomic E-state index is 11.5. The van der Waals surface area contributed by atoms with Crippen LogP contribution in [0.2, 0.25) is 0 Å². The topological polar surface area (TPSA) is 26.3 Å². The van der Waals surface area contributed by atoms with Crippen LogP contribution in [0.4, 0.5) is 0 Å². The summed E-state index contributed by atoms with van der Waals surface area (Å²) in [7, 11) is 0. The zero-order valence-electron chi connectivity index (χ0n) is 8.20. The molecule has 0 fully saturated rings. The molecule has 0 unspecified atom stereocenters. The number of carbonyl (C=O) groups excluding carboxylic acids is 1. The number of Topliss-reactive ketones (excluding diaryl/α,β-unsaturated/α-hetero) is 1. The Balaban J connectivity index is 2.22. The average molecular weight is 223 g/mol. The Morgan fingerprint density at radius 1 is 1.40 bits per heavy atom. The van der Waals surface area contributed by atoms with Gasteiger partial charge in [-0.15, -0.1) is 0 Å². The Kier molecular flexibility index (Phi) is 3.07. The van der Waals surface area contributed by atoms with Crippen molar-refractivity contribution in [1.29, 1.82) is 0 Å². The molecule has 0 saturated heterocycles. The molecule has 0 amide bonds. The molecule has 15 heavy (non-hydrogen) atoms. The number of carbonyl (C=O) groups is 1. The molecule has 0 aromatic heterocycles.